The van der Waals surface area contributed by atoms with E-state index in [0.717, 1.165) is 57.9 Å². The predicted molar refractivity (Wildman–Crippen MR) is 121 cm³/mol. The maximum Gasteiger partial charge on any atom is 0.191 e. The average molecular weight is 481 g/mol. The van der Waals surface area contributed by atoms with Crippen LogP contribution in [-0.2, 0) is 4.74 Å². The number of guanidine groups is 1. The fourth-order valence-electron chi connectivity index (χ4n) is 3.85. The Balaban J connectivity index is 0.00000338. The molecule has 0 saturated carbocycles. The standard InChI is InChI=1S/C19H39N5O.HI/c1-3-18-8-4-6-12-24(18)13-10-22-19(20-2)21-9-5-7-11-23-14-16-25-17-15-23;/h18H,3-17H2,1-2H3,(H2,20,21,22);1H. The molecule has 2 heterocycles. The highest BCUT2D eigenvalue weighted by molar-refractivity contribution is 14.0. The lowest BCUT2D eigenvalue weighted by Crippen LogP contribution is -2.46. The molecule has 7 heteroatoms. The normalized spacial score (nSPS) is 22.7. The summed E-state index contributed by atoms with van der Waals surface area (Å²) < 4.78 is 5.39. The van der Waals surface area contributed by atoms with Crippen LogP contribution in [0.4, 0.5) is 0 Å². The Hall–Kier alpha value is -0.120. The third-order valence-electron chi connectivity index (χ3n) is 5.43. The highest BCUT2D eigenvalue weighted by Gasteiger charge is 2.19. The largest absolute Gasteiger partial charge is 0.379 e. The van der Waals surface area contributed by atoms with Crippen molar-refractivity contribution in [3.05, 3.63) is 0 Å². The van der Waals surface area contributed by atoms with Gasteiger partial charge in [0, 0.05) is 45.8 Å². The Morgan fingerprint density at radius 1 is 1.04 bits per heavy atom. The lowest BCUT2D eigenvalue weighted by Gasteiger charge is -2.35. The quantitative estimate of drug-likeness (QED) is 0.229. The van der Waals surface area contributed by atoms with Gasteiger partial charge in [-0.2, -0.15) is 0 Å². The van der Waals surface area contributed by atoms with Crippen LogP contribution >= 0.6 is 24.0 Å². The lowest BCUT2D eigenvalue weighted by atomic mass is 10.0. The number of hydrogen-bond acceptors (Lipinski definition) is 4. The third-order valence-corrected chi connectivity index (χ3v) is 5.43. The molecule has 0 aliphatic carbocycles. The highest BCUT2D eigenvalue weighted by atomic mass is 127. The molecule has 26 heavy (non-hydrogen) atoms. The summed E-state index contributed by atoms with van der Waals surface area (Å²) >= 11 is 0. The fourth-order valence-corrected chi connectivity index (χ4v) is 3.85. The van der Waals surface area contributed by atoms with Crippen molar-refractivity contribution in [1.82, 2.24) is 20.4 Å². The highest BCUT2D eigenvalue weighted by Crippen LogP contribution is 2.18. The molecule has 0 aromatic carbocycles. The van der Waals surface area contributed by atoms with Gasteiger partial charge in [0.15, 0.2) is 5.96 Å². The van der Waals surface area contributed by atoms with E-state index in [1.165, 1.54) is 51.6 Å². The molecule has 2 N–H and O–H groups in total. The molecule has 0 radical (unpaired) electrons. The molecule has 0 bridgehead atoms. The topological polar surface area (TPSA) is 52.1 Å². The monoisotopic (exact) mass is 481 g/mol. The van der Waals surface area contributed by atoms with Crippen molar-refractivity contribution in [2.24, 2.45) is 4.99 Å². The van der Waals surface area contributed by atoms with Crippen molar-refractivity contribution in [3.63, 3.8) is 0 Å². The molecule has 1 atom stereocenters. The van der Waals surface area contributed by atoms with Gasteiger partial charge in [0.25, 0.3) is 0 Å². The van der Waals surface area contributed by atoms with Crippen LogP contribution in [0.1, 0.15) is 45.4 Å². The van der Waals surface area contributed by atoms with E-state index in [1.807, 2.05) is 7.05 Å². The van der Waals surface area contributed by atoms with Crippen LogP contribution in [0.3, 0.4) is 0 Å². The van der Waals surface area contributed by atoms with Gasteiger partial charge in [0.05, 0.1) is 13.2 Å². The van der Waals surface area contributed by atoms with E-state index in [-0.39, 0.29) is 24.0 Å². The SMILES string of the molecule is CCC1CCCCN1CCNC(=NC)NCCCCN1CCOCC1.I. The number of aliphatic imine (C=N–C) groups is 1. The fraction of sp³-hybridized carbons (Fsp3) is 0.947. The summed E-state index contributed by atoms with van der Waals surface area (Å²) in [6, 6.07) is 0.783. The van der Waals surface area contributed by atoms with Gasteiger partial charge in [-0.05, 0) is 45.2 Å². The lowest BCUT2D eigenvalue weighted by molar-refractivity contribution is 0.0372. The molecule has 0 aromatic rings. The zero-order valence-electron chi connectivity index (χ0n) is 16.8. The van der Waals surface area contributed by atoms with Gasteiger partial charge in [-0.3, -0.25) is 14.8 Å². The van der Waals surface area contributed by atoms with Crippen molar-refractivity contribution in [2.75, 3.05) is 66.1 Å². The number of unbranched alkanes of at least 4 members (excludes halogenated alkanes) is 1. The number of ether oxygens (including phenoxy) is 1. The summed E-state index contributed by atoms with van der Waals surface area (Å²) in [6.45, 7) is 11.8. The van der Waals surface area contributed by atoms with Crippen molar-refractivity contribution < 1.29 is 4.74 Å². The molecule has 2 saturated heterocycles. The van der Waals surface area contributed by atoms with Gasteiger partial charge in [0.1, 0.15) is 0 Å². The van der Waals surface area contributed by atoms with E-state index in [9.17, 15) is 0 Å². The molecular weight excluding hydrogens is 441 g/mol. The van der Waals surface area contributed by atoms with Gasteiger partial charge in [0.2, 0.25) is 0 Å². The zero-order valence-corrected chi connectivity index (χ0v) is 19.2. The van der Waals surface area contributed by atoms with Crippen LogP contribution in [0.25, 0.3) is 0 Å². The first-order valence-corrected chi connectivity index (χ1v) is 10.3. The molecule has 0 amide bonds. The van der Waals surface area contributed by atoms with Crippen LogP contribution < -0.4 is 10.6 Å². The summed E-state index contributed by atoms with van der Waals surface area (Å²) in [5.41, 5.74) is 0. The second-order valence-electron chi connectivity index (χ2n) is 7.18. The Bertz CT molecular complexity index is 377. The van der Waals surface area contributed by atoms with Crippen LogP contribution in [-0.4, -0.2) is 87.9 Å². The minimum atomic E-state index is 0. The Morgan fingerprint density at radius 2 is 1.81 bits per heavy atom. The average Bonchev–Trinajstić information content (AvgIpc) is 2.67. The first kappa shape index (κ1) is 23.9. The van der Waals surface area contributed by atoms with Crippen LogP contribution in [0.15, 0.2) is 4.99 Å². The number of morpholine rings is 1. The van der Waals surface area contributed by atoms with Crippen molar-refractivity contribution in [2.45, 2.75) is 51.5 Å². The Labute approximate surface area is 177 Å². The summed E-state index contributed by atoms with van der Waals surface area (Å²) in [5, 5.41) is 6.92. The summed E-state index contributed by atoms with van der Waals surface area (Å²) in [7, 11) is 1.86. The van der Waals surface area contributed by atoms with Gasteiger partial charge < -0.3 is 15.4 Å². The molecule has 2 aliphatic rings. The molecule has 154 valence electrons. The van der Waals surface area contributed by atoms with Crippen LogP contribution in [0.5, 0.6) is 0 Å². The van der Waals surface area contributed by atoms with Crippen molar-refractivity contribution in [1.29, 1.82) is 0 Å². The number of hydrogen-bond donors (Lipinski definition) is 2. The molecule has 2 aliphatic heterocycles. The number of likely N-dealkylation sites (tertiary alicyclic amines) is 1. The minimum Gasteiger partial charge on any atom is -0.379 e. The molecule has 0 aromatic heterocycles. The van der Waals surface area contributed by atoms with E-state index in [0.29, 0.717) is 0 Å². The van der Waals surface area contributed by atoms with Gasteiger partial charge in [-0.1, -0.05) is 13.3 Å². The molecule has 2 rings (SSSR count). The van der Waals surface area contributed by atoms with E-state index < -0.39 is 0 Å². The first-order chi connectivity index (χ1) is 12.3. The molecule has 1 unspecified atom stereocenters. The maximum atomic E-state index is 5.39. The number of halogens is 1. The van der Waals surface area contributed by atoms with Crippen LogP contribution in [0.2, 0.25) is 0 Å². The van der Waals surface area contributed by atoms with E-state index in [2.05, 4.69) is 32.3 Å². The Morgan fingerprint density at radius 3 is 2.54 bits per heavy atom. The third kappa shape index (κ3) is 9.19. The van der Waals surface area contributed by atoms with Gasteiger partial charge >= 0.3 is 0 Å². The van der Waals surface area contributed by atoms with Crippen molar-refractivity contribution >= 4 is 29.9 Å². The molecule has 0 spiro atoms. The van der Waals surface area contributed by atoms with E-state index in [4.69, 9.17) is 4.74 Å². The number of nitrogens with zero attached hydrogens (tertiary/aromatic N) is 3. The second kappa shape index (κ2) is 14.9. The van der Waals surface area contributed by atoms with E-state index >= 15 is 0 Å². The summed E-state index contributed by atoms with van der Waals surface area (Å²) in [4.78, 5) is 9.49. The van der Waals surface area contributed by atoms with Gasteiger partial charge in [-0.25, -0.2) is 0 Å². The molecule has 6 nitrogen and oxygen atoms in total. The number of nitrogens with one attached hydrogen (secondary N) is 2. The van der Waals surface area contributed by atoms with Crippen molar-refractivity contribution in [3.8, 4) is 0 Å². The smallest absolute Gasteiger partial charge is 0.191 e. The molecular formula is C19H40IN5O. The second-order valence-corrected chi connectivity index (χ2v) is 7.18. The number of piperidine rings is 1. The summed E-state index contributed by atoms with van der Waals surface area (Å²) in [6.07, 6.45) is 7.81. The first-order valence-electron chi connectivity index (χ1n) is 10.3. The minimum absolute atomic E-state index is 0. The van der Waals surface area contributed by atoms with Crippen LogP contribution in [0, 0.1) is 0 Å². The Kier molecular flexibility index (Phi) is 13.7. The maximum absolute atomic E-state index is 5.39. The molecule has 2 fully saturated rings. The predicted octanol–water partition coefficient (Wildman–Crippen LogP) is 2.15. The van der Waals surface area contributed by atoms with Gasteiger partial charge in [-0.15, -0.1) is 24.0 Å². The van der Waals surface area contributed by atoms with E-state index in [1.54, 1.807) is 0 Å². The zero-order chi connectivity index (χ0) is 17.7. The summed E-state index contributed by atoms with van der Waals surface area (Å²) in [5.74, 6) is 0.941. The number of rotatable bonds is 9.